The Labute approximate surface area is 145 Å². The summed E-state index contributed by atoms with van der Waals surface area (Å²) < 4.78 is 46.9. The van der Waals surface area contributed by atoms with Crippen LogP contribution in [0.25, 0.3) is 0 Å². The fraction of sp³-hybridized carbons (Fsp3) is 0.0714. The van der Waals surface area contributed by atoms with Crippen LogP contribution in [0.1, 0.15) is 5.56 Å². The van der Waals surface area contributed by atoms with Gasteiger partial charge in [-0.1, -0.05) is 11.6 Å². The second-order valence-corrected chi connectivity index (χ2v) is 8.20. The Morgan fingerprint density at radius 3 is 2.75 bits per heavy atom. The SMILES string of the molecule is COC([O-])=C1Nc2ccc(F)cc2/C1=N\S(=O)(=O)c1ccc(Cl)s1. The van der Waals surface area contributed by atoms with E-state index in [-0.39, 0.29) is 25.5 Å². The number of nitrogens with zero attached hydrogens (tertiary/aromatic N) is 1. The number of fused-ring (bicyclic) bond motifs is 1. The van der Waals surface area contributed by atoms with Gasteiger partial charge in [-0.25, -0.2) is 4.39 Å². The smallest absolute Gasteiger partial charge is 0.292 e. The molecule has 24 heavy (non-hydrogen) atoms. The van der Waals surface area contributed by atoms with Crippen molar-refractivity contribution in [2.75, 3.05) is 12.4 Å². The van der Waals surface area contributed by atoms with Crippen LogP contribution in [0.5, 0.6) is 0 Å². The lowest BCUT2D eigenvalue weighted by molar-refractivity contribution is -0.354. The van der Waals surface area contributed by atoms with Gasteiger partial charge in [0.25, 0.3) is 10.0 Å². The molecule has 126 valence electrons. The summed E-state index contributed by atoms with van der Waals surface area (Å²) in [5.41, 5.74) is 0.127. The van der Waals surface area contributed by atoms with Crippen molar-refractivity contribution < 1.29 is 22.7 Å². The molecule has 1 aliphatic heterocycles. The largest absolute Gasteiger partial charge is 0.615 e. The Balaban J connectivity index is 2.21. The highest BCUT2D eigenvalue weighted by Crippen LogP contribution is 2.33. The molecule has 0 saturated heterocycles. The summed E-state index contributed by atoms with van der Waals surface area (Å²) in [6.45, 7) is 0. The van der Waals surface area contributed by atoms with Gasteiger partial charge in [0, 0.05) is 11.3 Å². The maximum absolute atomic E-state index is 13.5. The molecule has 3 rings (SSSR count). The van der Waals surface area contributed by atoms with Gasteiger partial charge in [0.05, 0.1) is 16.0 Å². The van der Waals surface area contributed by atoms with Gasteiger partial charge in [0.15, 0.2) is 0 Å². The minimum absolute atomic E-state index is 0.0888. The first-order chi connectivity index (χ1) is 11.3. The lowest BCUT2D eigenvalue weighted by atomic mass is 10.1. The third kappa shape index (κ3) is 2.97. The zero-order valence-corrected chi connectivity index (χ0v) is 14.4. The van der Waals surface area contributed by atoms with Gasteiger partial charge in [-0.15, -0.1) is 11.3 Å². The van der Waals surface area contributed by atoms with Crippen LogP contribution in [0.2, 0.25) is 4.34 Å². The molecular weight excluding hydrogens is 379 g/mol. The van der Waals surface area contributed by atoms with Gasteiger partial charge >= 0.3 is 0 Å². The average Bonchev–Trinajstić information content (AvgIpc) is 3.11. The van der Waals surface area contributed by atoms with E-state index in [4.69, 9.17) is 11.6 Å². The van der Waals surface area contributed by atoms with E-state index in [0.29, 0.717) is 5.69 Å². The molecule has 2 aromatic rings. The number of allylic oxidation sites excluding steroid dienone is 1. The molecule has 0 unspecified atom stereocenters. The molecule has 1 N–H and O–H groups in total. The molecule has 1 aromatic carbocycles. The highest BCUT2D eigenvalue weighted by atomic mass is 35.5. The van der Waals surface area contributed by atoms with Crippen LogP contribution in [-0.4, -0.2) is 21.2 Å². The molecule has 0 bridgehead atoms. The number of sulfonamides is 1. The molecule has 0 amide bonds. The van der Waals surface area contributed by atoms with Crippen molar-refractivity contribution in [1.29, 1.82) is 0 Å². The van der Waals surface area contributed by atoms with Crippen LogP contribution >= 0.6 is 22.9 Å². The monoisotopic (exact) mass is 387 g/mol. The van der Waals surface area contributed by atoms with Crippen LogP contribution in [0.4, 0.5) is 10.1 Å². The van der Waals surface area contributed by atoms with Crippen molar-refractivity contribution in [1.82, 2.24) is 0 Å². The minimum Gasteiger partial charge on any atom is -0.615 e. The molecule has 0 fully saturated rings. The van der Waals surface area contributed by atoms with Crippen molar-refractivity contribution in [2.24, 2.45) is 4.40 Å². The molecule has 2 heterocycles. The number of hydrogen-bond donors (Lipinski definition) is 1. The predicted octanol–water partition coefficient (Wildman–Crippen LogP) is 2.32. The highest BCUT2D eigenvalue weighted by molar-refractivity contribution is 7.92. The third-order valence-corrected chi connectivity index (χ3v) is 6.11. The van der Waals surface area contributed by atoms with E-state index < -0.39 is 21.8 Å². The quantitative estimate of drug-likeness (QED) is 0.816. The number of thiophene rings is 1. The molecule has 0 saturated carbocycles. The molecule has 0 aliphatic carbocycles. The van der Waals surface area contributed by atoms with Crippen LogP contribution in [0, 0.1) is 5.82 Å². The Kier molecular flexibility index (Phi) is 4.24. The van der Waals surface area contributed by atoms with Crippen LogP contribution < -0.4 is 10.4 Å². The second-order valence-electron chi connectivity index (χ2n) is 4.65. The maximum Gasteiger partial charge on any atom is 0.292 e. The molecule has 6 nitrogen and oxygen atoms in total. The van der Waals surface area contributed by atoms with Gasteiger partial charge < -0.3 is 15.2 Å². The topological polar surface area (TPSA) is 90.8 Å². The van der Waals surface area contributed by atoms with Crippen molar-refractivity contribution >= 4 is 44.4 Å². The molecular formula is C14H9ClFN2O4S2-. The average molecular weight is 388 g/mol. The van der Waals surface area contributed by atoms with Gasteiger partial charge in [0.1, 0.15) is 15.7 Å². The fourth-order valence-electron chi connectivity index (χ4n) is 2.10. The van der Waals surface area contributed by atoms with Crippen LogP contribution in [-0.2, 0) is 14.8 Å². The number of anilines is 1. The normalized spacial score (nSPS) is 17.5. The maximum atomic E-state index is 13.5. The third-order valence-electron chi connectivity index (χ3n) is 3.14. The Hall–Kier alpha value is -2.10. The Bertz CT molecular complexity index is 982. The van der Waals surface area contributed by atoms with Crippen molar-refractivity contribution in [3.05, 3.63) is 57.7 Å². The van der Waals surface area contributed by atoms with E-state index >= 15 is 0 Å². The first-order valence-electron chi connectivity index (χ1n) is 6.45. The van der Waals surface area contributed by atoms with Gasteiger partial charge in [-0.3, -0.25) is 0 Å². The summed E-state index contributed by atoms with van der Waals surface area (Å²) in [5.74, 6) is -1.41. The standard InChI is InChI=1S/C14H10ClFN2O4S2/c1-22-14(19)13-12(8-6-7(16)2-3-9(8)17-13)18-24(20,21)11-5-4-10(15)23-11/h2-6,17,19H,1H3/p-1/b14-13?,18-12+. The highest BCUT2D eigenvalue weighted by Gasteiger charge is 2.28. The predicted molar refractivity (Wildman–Crippen MR) is 87.1 cm³/mol. The van der Waals surface area contributed by atoms with E-state index in [1.54, 1.807) is 0 Å². The Morgan fingerprint density at radius 2 is 2.12 bits per heavy atom. The number of halogens is 2. The number of rotatable bonds is 3. The summed E-state index contributed by atoms with van der Waals surface area (Å²) in [6, 6.07) is 6.37. The first kappa shape index (κ1) is 16.7. The summed E-state index contributed by atoms with van der Waals surface area (Å²) in [4.78, 5) is 0. The molecule has 0 radical (unpaired) electrons. The van der Waals surface area contributed by atoms with Gasteiger partial charge in [-0.05, 0) is 37.4 Å². The second kappa shape index (κ2) is 6.08. The zero-order valence-electron chi connectivity index (χ0n) is 12.0. The fourth-order valence-corrected chi connectivity index (χ4v) is 4.57. The van der Waals surface area contributed by atoms with E-state index in [2.05, 4.69) is 14.5 Å². The molecule has 0 spiro atoms. The van der Waals surface area contributed by atoms with Gasteiger partial charge in [0.2, 0.25) is 0 Å². The lowest BCUT2D eigenvalue weighted by Gasteiger charge is -2.13. The number of nitrogens with one attached hydrogen (secondary N) is 1. The van der Waals surface area contributed by atoms with Crippen molar-refractivity contribution in [3.8, 4) is 0 Å². The first-order valence-corrected chi connectivity index (χ1v) is 9.08. The summed E-state index contributed by atoms with van der Waals surface area (Å²) in [6.07, 6.45) is 0. The van der Waals surface area contributed by atoms with Gasteiger partial charge in [-0.2, -0.15) is 12.8 Å². The lowest BCUT2D eigenvalue weighted by Crippen LogP contribution is -2.17. The summed E-state index contributed by atoms with van der Waals surface area (Å²) >= 11 is 6.58. The number of ether oxygens (including phenoxy) is 1. The van der Waals surface area contributed by atoms with E-state index in [1.807, 2.05) is 0 Å². The minimum atomic E-state index is -4.12. The number of methoxy groups -OCH3 is 1. The van der Waals surface area contributed by atoms with E-state index in [9.17, 15) is 17.9 Å². The summed E-state index contributed by atoms with van der Waals surface area (Å²) in [5, 5.41) is 14.6. The Morgan fingerprint density at radius 1 is 1.38 bits per heavy atom. The van der Waals surface area contributed by atoms with Crippen LogP contribution in [0.3, 0.4) is 0 Å². The van der Waals surface area contributed by atoms with E-state index in [1.165, 1.54) is 24.3 Å². The molecule has 1 aliphatic rings. The van der Waals surface area contributed by atoms with E-state index in [0.717, 1.165) is 24.5 Å². The summed E-state index contributed by atoms with van der Waals surface area (Å²) in [7, 11) is -2.98. The molecule has 0 atom stereocenters. The van der Waals surface area contributed by atoms with Crippen molar-refractivity contribution in [3.63, 3.8) is 0 Å². The number of benzene rings is 1. The molecule has 10 heteroatoms. The molecule has 1 aromatic heterocycles. The zero-order chi connectivity index (χ0) is 17.5. The van der Waals surface area contributed by atoms with Crippen molar-refractivity contribution in [2.45, 2.75) is 4.21 Å². The number of hydrogen-bond acceptors (Lipinski definition) is 6. The van der Waals surface area contributed by atoms with Crippen LogP contribution in [0.15, 0.2) is 50.6 Å².